The molecule has 0 saturated carbocycles. The van der Waals surface area contributed by atoms with Crippen LogP contribution in [0.25, 0.3) is 0 Å². The Morgan fingerprint density at radius 1 is 1.13 bits per heavy atom. The molecular formula is C24H25ClN4O2. The molecule has 4 rings (SSSR count). The van der Waals surface area contributed by atoms with E-state index in [0.29, 0.717) is 42.7 Å². The van der Waals surface area contributed by atoms with Crippen LogP contribution >= 0.6 is 11.6 Å². The molecule has 0 N–H and O–H groups in total. The summed E-state index contributed by atoms with van der Waals surface area (Å²) in [4.78, 5) is 25.6. The zero-order valence-corrected chi connectivity index (χ0v) is 18.4. The van der Waals surface area contributed by atoms with E-state index >= 15 is 0 Å². The lowest BCUT2D eigenvalue weighted by Crippen LogP contribution is -2.54. The van der Waals surface area contributed by atoms with Gasteiger partial charge in [-0.05, 0) is 43.2 Å². The molecule has 0 bridgehead atoms. The molecule has 1 amide bonds. The van der Waals surface area contributed by atoms with Gasteiger partial charge in [-0.25, -0.2) is 9.97 Å². The summed E-state index contributed by atoms with van der Waals surface area (Å²) >= 11 is 6.09. The van der Waals surface area contributed by atoms with Crippen LogP contribution in [-0.4, -0.2) is 46.5 Å². The number of aryl methyl sites for hydroxylation is 1. The van der Waals surface area contributed by atoms with Gasteiger partial charge in [0.05, 0.1) is 6.42 Å². The fourth-order valence-electron chi connectivity index (χ4n) is 3.77. The fraction of sp³-hybridized carbons (Fsp3) is 0.292. The third kappa shape index (κ3) is 5.14. The number of ether oxygens (including phenoxy) is 1. The molecule has 0 spiro atoms. The molecule has 2 heterocycles. The van der Waals surface area contributed by atoms with E-state index < -0.39 is 0 Å². The zero-order valence-electron chi connectivity index (χ0n) is 17.7. The maximum absolute atomic E-state index is 12.8. The number of nitrogens with zero attached hydrogens (tertiary/aromatic N) is 4. The van der Waals surface area contributed by atoms with Gasteiger partial charge in [0.1, 0.15) is 17.9 Å². The Labute approximate surface area is 187 Å². The summed E-state index contributed by atoms with van der Waals surface area (Å²) in [6.07, 6.45) is 1.93. The third-order valence-electron chi connectivity index (χ3n) is 5.45. The lowest BCUT2D eigenvalue weighted by molar-refractivity contribution is -0.132. The summed E-state index contributed by atoms with van der Waals surface area (Å²) < 4.78 is 5.90. The quantitative estimate of drug-likeness (QED) is 0.589. The topological polar surface area (TPSA) is 58.6 Å². The molecule has 1 atom stereocenters. The minimum Gasteiger partial charge on any atom is -0.439 e. The van der Waals surface area contributed by atoms with Crippen molar-refractivity contribution < 1.29 is 9.53 Å². The highest BCUT2D eigenvalue weighted by Gasteiger charge is 2.28. The highest BCUT2D eigenvalue weighted by molar-refractivity contribution is 6.31. The van der Waals surface area contributed by atoms with Crippen molar-refractivity contribution in [2.75, 3.05) is 24.5 Å². The first-order chi connectivity index (χ1) is 15.0. The molecule has 0 radical (unpaired) electrons. The number of piperazine rings is 1. The number of hydrogen-bond donors (Lipinski definition) is 0. The molecule has 7 heteroatoms. The number of rotatable bonds is 5. The van der Waals surface area contributed by atoms with Crippen molar-refractivity contribution in [3.05, 3.63) is 77.1 Å². The molecule has 3 aromatic rings. The number of halogens is 1. The summed E-state index contributed by atoms with van der Waals surface area (Å²) in [7, 11) is 0. The normalized spacial score (nSPS) is 16.3. The maximum Gasteiger partial charge on any atom is 0.227 e. The van der Waals surface area contributed by atoms with Crippen molar-refractivity contribution >= 4 is 23.3 Å². The number of hydrogen-bond acceptors (Lipinski definition) is 5. The van der Waals surface area contributed by atoms with Crippen LogP contribution in [0.1, 0.15) is 18.1 Å². The van der Waals surface area contributed by atoms with Gasteiger partial charge in [0.15, 0.2) is 0 Å². The SMILES string of the molecule is Cc1cc(Oc2cc(N3CCN(C(=O)Cc4ccccc4)C(C)C3)ncn2)ccc1Cl. The molecule has 2 aromatic carbocycles. The Hall–Kier alpha value is -3.12. The second-order valence-electron chi connectivity index (χ2n) is 7.77. The first-order valence-corrected chi connectivity index (χ1v) is 10.7. The highest BCUT2D eigenvalue weighted by Crippen LogP contribution is 2.27. The Balaban J connectivity index is 1.40. The number of carbonyl (C=O) groups is 1. The molecular weight excluding hydrogens is 412 g/mol. The number of anilines is 1. The minimum absolute atomic E-state index is 0.0863. The highest BCUT2D eigenvalue weighted by atomic mass is 35.5. The summed E-state index contributed by atoms with van der Waals surface area (Å²) in [5.74, 6) is 2.10. The number of carbonyl (C=O) groups excluding carboxylic acids is 1. The van der Waals surface area contributed by atoms with Crippen molar-refractivity contribution in [2.24, 2.45) is 0 Å². The van der Waals surface area contributed by atoms with Gasteiger partial charge in [-0.2, -0.15) is 0 Å². The molecule has 160 valence electrons. The van der Waals surface area contributed by atoms with E-state index in [1.54, 1.807) is 0 Å². The monoisotopic (exact) mass is 436 g/mol. The Kier molecular flexibility index (Phi) is 6.37. The lowest BCUT2D eigenvalue weighted by atomic mass is 10.1. The third-order valence-corrected chi connectivity index (χ3v) is 5.87. The van der Waals surface area contributed by atoms with Gasteiger partial charge in [-0.1, -0.05) is 41.9 Å². The summed E-state index contributed by atoms with van der Waals surface area (Å²) in [6.45, 7) is 6.08. The van der Waals surface area contributed by atoms with Crippen LogP contribution in [0.2, 0.25) is 5.02 Å². The van der Waals surface area contributed by atoms with Crippen LogP contribution in [0.5, 0.6) is 11.6 Å². The number of amides is 1. The smallest absolute Gasteiger partial charge is 0.227 e. The van der Waals surface area contributed by atoms with E-state index in [1.807, 2.05) is 66.4 Å². The summed E-state index contributed by atoms with van der Waals surface area (Å²) in [5, 5.41) is 0.699. The fourth-order valence-corrected chi connectivity index (χ4v) is 3.89. The molecule has 1 unspecified atom stereocenters. The van der Waals surface area contributed by atoms with Gasteiger partial charge in [0.2, 0.25) is 11.8 Å². The van der Waals surface area contributed by atoms with Gasteiger partial charge in [-0.3, -0.25) is 4.79 Å². The van der Waals surface area contributed by atoms with Gasteiger partial charge >= 0.3 is 0 Å². The number of benzene rings is 2. The first-order valence-electron chi connectivity index (χ1n) is 10.3. The molecule has 31 heavy (non-hydrogen) atoms. The average molecular weight is 437 g/mol. The maximum atomic E-state index is 12.8. The van der Waals surface area contributed by atoms with E-state index in [1.165, 1.54) is 6.33 Å². The van der Waals surface area contributed by atoms with Crippen LogP contribution < -0.4 is 9.64 Å². The van der Waals surface area contributed by atoms with Crippen LogP contribution in [0, 0.1) is 6.92 Å². The first kappa shape index (κ1) is 21.1. The van der Waals surface area contributed by atoms with Gasteiger partial charge in [0.25, 0.3) is 0 Å². The van der Waals surface area contributed by atoms with E-state index in [9.17, 15) is 4.79 Å². The van der Waals surface area contributed by atoms with Crippen molar-refractivity contribution in [1.82, 2.24) is 14.9 Å². The van der Waals surface area contributed by atoms with Crippen LogP contribution in [0.15, 0.2) is 60.9 Å². The van der Waals surface area contributed by atoms with Crippen LogP contribution in [0.3, 0.4) is 0 Å². The van der Waals surface area contributed by atoms with Crippen molar-refractivity contribution in [2.45, 2.75) is 26.3 Å². The molecule has 1 aromatic heterocycles. The van der Waals surface area contributed by atoms with Crippen LogP contribution in [-0.2, 0) is 11.2 Å². The van der Waals surface area contributed by atoms with E-state index in [4.69, 9.17) is 16.3 Å². The predicted molar refractivity (Wildman–Crippen MR) is 122 cm³/mol. The molecule has 0 aliphatic carbocycles. The van der Waals surface area contributed by atoms with E-state index in [-0.39, 0.29) is 11.9 Å². The standard InChI is InChI=1S/C24H25ClN4O2/c1-17-12-20(8-9-21(17)25)31-23-14-22(26-16-27-23)28-10-11-29(18(2)15-28)24(30)13-19-6-4-3-5-7-19/h3-9,12,14,16,18H,10-11,13,15H2,1-2H3. The van der Waals surface area contributed by atoms with Crippen molar-refractivity contribution in [1.29, 1.82) is 0 Å². The minimum atomic E-state index is 0.0863. The Bertz CT molecular complexity index is 1060. The molecule has 1 aliphatic heterocycles. The summed E-state index contributed by atoms with van der Waals surface area (Å²) in [6, 6.07) is 17.3. The van der Waals surface area contributed by atoms with Crippen molar-refractivity contribution in [3.63, 3.8) is 0 Å². The second-order valence-corrected chi connectivity index (χ2v) is 8.18. The summed E-state index contributed by atoms with van der Waals surface area (Å²) in [5.41, 5.74) is 1.98. The van der Waals surface area contributed by atoms with E-state index in [0.717, 1.165) is 16.9 Å². The molecule has 6 nitrogen and oxygen atoms in total. The molecule has 1 saturated heterocycles. The van der Waals surface area contributed by atoms with Gasteiger partial charge in [-0.15, -0.1) is 0 Å². The van der Waals surface area contributed by atoms with Crippen molar-refractivity contribution in [3.8, 4) is 11.6 Å². The Morgan fingerprint density at radius 2 is 1.94 bits per heavy atom. The molecule has 1 aliphatic rings. The number of aromatic nitrogens is 2. The van der Waals surface area contributed by atoms with E-state index in [2.05, 4.69) is 21.8 Å². The predicted octanol–water partition coefficient (Wildman–Crippen LogP) is 4.51. The van der Waals surface area contributed by atoms with Gasteiger partial charge in [0, 0.05) is 36.8 Å². The Morgan fingerprint density at radius 3 is 2.68 bits per heavy atom. The van der Waals surface area contributed by atoms with Crippen LogP contribution in [0.4, 0.5) is 5.82 Å². The zero-order chi connectivity index (χ0) is 21.8. The second kappa shape index (κ2) is 9.35. The largest absolute Gasteiger partial charge is 0.439 e. The average Bonchev–Trinajstić information content (AvgIpc) is 2.77. The molecule has 1 fully saturated rings. The lowest BCUT2D eigenvalue weighted by Gasteiger charge is -2.40. The van der Waals surface area contributed by atoms with Gasteiger partial charge < -0.3 is 14.5 Å².